The Bertz CT molecular complexity index is 167. The second-order valence-corrected chi connectivity index (χ2v) is 1.88. The predicted octanol–water partition coefficient (Wildman–Crippen LogP) is -1.95. The maximum absolute atomic E-state index is 10.2. The number of rotatable bonds is 2. The molecule has 0 rings (SSSR count). The van der Waals surface area contributed by atoms with Crippen LogP contribution < -0.4 is 5.73 Å². The van der Waals surface area contributed by atoms with Crippen molar-refractivity contribution in [2.24, 2.45) is 5.73 Å². The van der Waals surface area contributed by atoms with E-state index in [1.165, 1.54) is 6.92 Å². The van der Waals surface area contributed by atoms with Crippen LogP contribution in [0.2, 0.25) is 0 Å². The molecular formula is C5H9NO4. The number of hydrogen-bond acceptors (Lipinski definition) is 4. The topological polar surface area (TPSA) is 104 Å². The lowest BCUT2D eigenvalue weighted by Gasteiger charge is -2.08. The van der Waals surface area contributed by atoms with Gasteiger partial charge in [-0.1, -0.05) is 0 Å². The number of primary amides is 1. The molecule has 10 heavy (non-hydrogen) atoms. The molecule has 58 valence electrons. The van der Waals surface area contributed by atoms with E-state index < -0.39 is 11.9 Å². The van der Waals surface area contributed by atoms with Crippen LogP contribution >= 0.6 is 0 Å². The lowest BCUT2D eigenvalue weighted by molar-refractivity contribution is -0.273. The summed E-state index contributed by atoms with van der Waals surface area (Å²) in [5.74, 6) is -3.78. The minimum atomic E-state index is -2.96. The Hall–Kier alpha value is -0.910. The molecule has 5 N–H and O–H groups in total. The van der Waals surface area contributed by atoms with Crippen molar-refractivity contribution in [2.45, 2.75) is 12.9 Å². The molecule has 0 radical (unpaired) electrons. The molecule has 0 unspecified atom stereocenters. The summed E-state index contributed by atoms with van der Waals surface area (Å²) < 4.78 is 0. The first-order valence-electron chi connectivity index (χ1n) is 2.49. The highest BCUT2D eigenvalue weighted by molar-refractivity contribution is 5.91. The van der Waals surface area contributed by atoms with Crippen LogP contribution in [0.5, 0.6) is 0 Å². The summed E-state index contributed by atoms with van der Waals surface area (Å²) in [7, 11) is 0. The molecule has 0 heterocycles. The zero-order valence-corrected chi connectivity index (χ0v) is 5.40. The third-order valence-corrected chi connectivity index (χ3v) is 0.799. The lowest BCUT2D eigenvalue weighted by atomic mass is 10.2. The largest absolute Gasteiger partial charge is 0.366 e. The summed E-state index contributed by atoms with van der Waals surface area (Å²) in [6, 6.07) is 0. The van der Waals surface area contributed by atoms with E-state index in [0.29, 0.717) is 6.08 Å². The monoisotopic (exact) mass is 147 g/mol. The fourth-order valence-corrected chi connectivity index (χ4v) is 0.362. The number of hydrogen-bond donors (Lipinski definition) is 4. The van der Waals surface area contributed by atoms with Crippen molar-refractivity contribution in [2.75, 3.05) is 0 Å². The Morgan fingerprint density at radius 2 is 1.90 bits per heavy atom. The van der Waals surface area contributed by atoms with Crippen molar-refractivity contribution in [1.82, 2.24) is 0 Å². The Labute approximate surface area is 57.4 Å². The highest BCUT2D eigenvalue weighted by atomic mass is 16.7. The first-order valence-corrected chi connectivity index (χ1v) is 2.49. The second-order valence-electron chi connectivity index (χ2n) is 1.88. The first kappa shape index (κ1) is 9.09. The van der Waals surface area contributed by atoms with Gasteiger partial charge in [-0.3, -0.25) is 4.79 Å². The third kappa shape index (κ3) is 4.02. The fraction of sp³-hybridized carbons (Fsp3) is 0.400. The standard InChI is InChI=1S/C5H9NO4/c1-3(4(6)7)2-5(8,9)10/h2,8-10H,1H3,(H2,6,7). The number of nitrogens with two attached hydrogens (primary N) is 1. The van der Waals surface area contributed by atoms with Crippen molar-refractivity contribution >= 4 is 5.91 Å². The Balaban J connectivity index is 4.32. The molecule has 0 saturated carbocycles. The van der Waals surface area contributed by atoms with Gasteiger partial charge in [0, 0.05) is 11.6 Å². The van der Waals surface area contributed by atoms with Crippen LogP contribution in [-0.2, 0) is 4.79 Å². The average Bonchev–Trinajstić information content (AvgIpc) is 1.60. The molecule has 5 heteroatoms. The summed E-state index contributed by atoms with van der Waals surface area (Å²) in [5, 5.41) is 24.8. The van der Waals surface area contributed by atoms with E-state index in [1.807, 2.05) is 0 Å². The van der Waals surface area contributed by atoms with Crippen molar-refractivity contribution in [1.29, 1.82) is 0 Å². The molecule has 0 spiro atoms. The van der Waals surface area contributed by atoms with Crippen LogP contribution in [0.15, 0.2) is 11.6 Å². The van der Waals surface area contributed by atoms with Crippen LogP contribution in [0, 0.1) is 0 Å². The summed E-state index contributed by atoms with van der Waals surface area (Å²) in [6.45, 7) is 1.25. The molecule has 0 aromatic carbocycles. The van der Waals surface area contributed by atoms with Crippen molar-refractivity contribution in [3.05, 3.63) is 11.6 Å². The van der Waals surface area contributed by atoms with Gasteiger partial charge in [0.05, 0.1) is 0 Å². The predicted molar refractivity (Wildman–Crippen MR) is 32.3 cm³/mol. The maximum Gasteiger partial charge on any atom is 0.297 e. The highest BCUT2D eigenvalue weighted by Gasteiger charge is 2.15. The molecule has 0 atom stereocenters. The van der Waals surface area contributed by atoms with Gasteiger partial charge in [0.25, 0.3) is 5.97 Å². The Morgan fingerprint density at radius 3 is 2.00 bits per heavy atom. The lowest BCUT2D eigenvalue weighted by Crippen LogP contribution is -2.26. The minimum Gasteiger partial charge on any atom is -0.366 e. The number of amides is 1. The summed E-state index contributed by atoms with van der Waals surface area (Å²) >= 11 is 0. The number of carbonyl (C=O) groups is 1. The van der Waals surface area contributed by atoms with Crippen LogP contribution in [-0.4, -0.2) is 27.2 Å². The highest BCUT2D eigenvalue weighted by Crippen LogP contribution is 2.00. The Kier molecular flexibility index (Phi) is 2.53. The molecule has 0 bridgehead atoms. The summed E-state index contributed by atoms with van der Waals surface area (Å²) in [4.78, 5) is 10.2. The normalized spacial score (nSPS) is 13.4. The van der Waals surface area contributed by atoms with E-state index in [4.69, 9.17) is 21.1 Å². The van der Waals surface area contributed by atoms with Gasteiger partial charge in [-0.2, -0.15) is 0 Å². The molecule has 0 aliphatic heterocycles. The van der Waals surface area contributed by atoms with Crippen LogP contribution in [0.3, 0.4) is 0 Å². The Morgan fingerprint density at radius 1 is 1.50 bits per heavy atom. The van der Waals surface area contributed by atoms with Gasteiger partial charge in [-0.05, 0) is 6.92 Å². The second kappa shape index (κ2) is 2.78. The molecule has 0 aromatic rings. The molecule has 0 saturated heterocycles. The minimum absolute atomic E-state index is 0.118. The van der Waals surface area contributed by atoms with E-state index in [1.54, 1.807) is 0 Å². The van der Waals surface area contributed by atoms with Crippen molar-refractivity contribution < 1.29 is 20.1 Å². The van der Waals surface area contributed by atoms with Gasteiger partial charge in [-0.25, -0.2) is 0 Å². The van der Waals surface area contributed by atoms with E-state index in [9.17, 15) is 4.79 Å². The van der Waals surface area contributed by atoms with Gasteiger partial charge in [0.2, 0.25) is 5.91 Å². The van der Waals surface area contributed by atoms with Gasteiger partial charge in [0.1, 0.15) is 0 Å². The molecular weight excluding hydrogens is 138 g/mol. The van der Waals surface area contributed by atoms with E-state index in [0.717, 1.165) is 0 Å². The zero-order chi connectivity index (χ0) is 8.36. The van der Waals surface area contributed by atoms with Gasteiger partial charge < -0.3 is 21.1 Å². The number of aliphatic hydroxyl groups is 3. The molecule has 1 amide bonds. The maximum atomic E-state index is 10.2. The average molecular weight is 147 g/mol. The third-order valence-electron chi connectivity index (χ3n) is 0.799. The van der Waals surface area contributed by atoms with E-state index in [-0.39, 0.29) is 5.57 Å². The smallest absolute Gasteiger partial charge is 0.297 e. The van der Waals surface area contributed by atoms with E-state index in [2.05, 4.69) is 0 Å². The van der Waals surface area contributed by atoms with E-state index >= 15 is 0 Å². The summed E-state index contributed by atoms with van der Waals surface area (Å²) in [5.41, 5.74) is 4.58. The van der Waals surface area contributed by atoms with Gasteiger partial charge >= 0.3 is 0 Å². The zero-order valence-electron chi connectivity index (χ0n) is 5.40. The van der Waals surface area contributed by atoms with Crippen molar-refractivity contribution in [3.8, 4) is 0 Å². The molecule has 0 aliphatic carbocycles. The van der Waals surface area contributed by atoms with Gasteiger partial charge in [-0.15, -0.1) is 0 Å². The van der Waals surface area contributed by atoms with Crippen LogP contribution in [0.25, 0.3) is 0 Å². The van der Waals surface area contributed by atoms with Crippen LogP contribution in [0.4, 0.5) is 0 Å². The number of carbonyl (C=O) groups excluding carboxylic acids is 1. The fourth-order valence-electron chi connectivity index (χ4n) is 0.362. The summed E-state index contributed by atoms with van der Waals surface area (Å²) in [6.07, 6.45) is 0.537. The first-order chi connectivity index (χ1) is 4.33. The quantitative estimate of drug-likeness (QED) is 0.269. The van der Waals surface area contributed by atoms with Crippen molar-refractivity contribution in [3.63, 3.8) is 0 Å². The SMILES string of the molecule is CC(=CC(O)(O)O)C(N)=O. The van der Waals surface area contributed by atoms with Crippen LogP contribution in [0.1, 0.15) is 6.92 Å². The molecule has 0 fully saturated rings. The molecule has 0 aromatic heterocycles. The van der Waals surface area contributed by atoms with Gasteiger partial charge in [0.15, 0.2) is 0 Å². The molecule has 0 aliphatic rings. The molecule has 5 nitrogen and oxygen atoms in total.